The van der Waals surface area contributed by atoms with Gasteiger partial charge in [-0.25, -0.2) is 0 Å². The van der Waals surface area contributed by atoms with Gasteiger partial charge in [0.15, 0.2) is 0 Å². The van der Waals surface area contributed by atoms with Crippen molar-refractivity contribution in [2.24, 2.45) is 0 Å². The zero-order valence-corrected chi connectivity index (χ0v) is 11.4. The molecule has 83 valence electrons. The molecule has 1 heteroatoms. The van der Waals surface area contributed by atoms with Crippen LogP contribution in [0.5, 0.6) is 0 Å². The summed E-state index contributed by atoms with van der Waals surface area (Å²) in [5.41, 5.74) is 2.04. The Hall–Kier alpha value is 0.217. The first-order chi connectivity index (χ1) is 6.79. The van der Waals surface area contributed by atoms with Gasteiger partial charge in [-0.3, -0.25) is 0 Å². The third kappa shape index (κ3) is 2.62. The average Bonchev–Trinajstić information content (AvgIpc) is 2.51. The summed E-state index contributed by atoms with van der Waals surface area (Å²) in [7, 11) is -0.932. The molecule has 0 amide bonds. The van der Waals surface area contributed by atoms with Crippen LogP contribution in [0.25, 0.3) is 0 Å². The summed E-state index contributed by atoms with van der Waals surface area (Å²) in [4.78, 5) is 0. The largest absolute Gasteiger partial charge is 0.0678 e. The molecule has 0 spiro atoms. The normalized spacial score (nSPS) is 20.8. The monoisotopic (exact) mass is 211 g/mol. The van der Waals surface area contributed by atoms with E-state index in [1.165, 1.54) is 56.7 Å². The fourth-order valence-corrected chi connectivity index (χ4v) is 7.60. The fraction of sp³-hybridized carbons (Fsp3) is 0.923. The maximum absolute atomic E-state index is 2.44. The summed E-state index contributed by atoms with van der Waals surface area (Å²) in [6.45, 7) is 7.32. The van der Waals surface area contributed by atoms with E-state index in [-0.39, 0.29) is 0 Å². The molecule has 0 aromatic rings. The van der Waals surface area contributed by atoms with Gasteiger partial charge in [-0.2, -0.15) is 0 Å². The van der Waals surface area contributed by atoms with Crippen LogP contribution < -0.4 is 0 Å². The first kappa shape index (κ1) is 12.3. The third-order valence-electron chi connectivity index (χ3n) is 4.49. The first-order valence-corrected chi connectivity index (χ1v) is 9.26. The molecular weight excluding hydrogens is 184 g/mol. The molecule has 1 aliphatic rings. The molecular formula is C13H27Si. The van der Waals surface area contributed by atoms with Crippen molar-refractivity contribution < 1.29 is 0 Å². The van der Waals surface area contributed by atoms with Crippen molar-refractivity contribution in [1.29, 1.82) is 0 Å². The molecule has 0 aromatic heterocycles. The van der Waals surface area contributed by atoms with Gasteiger partial charge >= 0.3 is 0 Å². The van der Waals surface area contributed by atoms with Crippen molar-refractivity contribution >= 4 is 8.07 Å². The molecule has 0 aromatic carbocycles. The highest BCUT2D eigenvalue weighted by Crippen LogP contribution is 2.39. The Balaban J connectivity index is 2.64. The predicted molar refractivity (Wildman–Crippen MR) is 68.1 cm³/mol. The van der Waals surface area contributed by atoms with E-state index in [9.17, 15) is 0 Å². The standard InChI is InChI=1S/C13H27Si/c1-4-14(5-2,6-3)13-11-9-7-8-10-12-13/h4-12H2,1-3H3. The Kier molecular flexibility index (Phi) is 5.22. The summed E-state index contributed by atoms with van der Waals surface area (Å²) >= 11 is 0. The highest BCUT2D eigenvalue weighted by molar-refractivity contribution is 6.84. The SMILES string of the molecule is CC[Si](CC)(CC)[C]1CCCCCC1. The lowest BCUT2D eigenvalue weighted by atomic mass is 10.2. The number of hydrogen-bond acceptors (Lipinski definition) is 0. The maximum Gasteiger partial charge on any atom is 0.0592 e. The lowest BCUT2D eigenvalue weighted by molar-refractivity contribution is 0.702. The van der Waals surface area contributed by atoms with Crippen LogP contribution in [0.3, 0.4) is 0 Å². The highest BCUT2D eigenvalue weighted by Gasteiger charge is 2.36. The van der Waals surface area contributed by atoms with Gasteiger partial charge in [0.05, 0.1) is 8.07 Å². The Bertz CT molecular complexity index is 133. The van der Waals surface area contributed by atoms with Gasteiger partial charge in [-0.15, -0.1) is 0 Å². The van der Waals surface area contributed by atoms with E-state index in [0.717, 1.165) is 0 Å². The molecule has 0 atom stereocenters. The molecule has 1 fully saturated rings. The second-order valence-corrected chi connectivity index (χ2v) is 10.2. The summed E-state index contributed by atoms with van der Waals surface area (Å²) in [5, 5.41) is 0. The topological polar surface area (TPSA) is 0 Å². The van der Waals surface area contributed by atoms with Crippen LogP contribution in [-0.2, 0) is 0 Å². The molecule has 0 heterocycles. The van der Waals surface area contributed by atoms with Crippen LogP contribution in [0.15, 0.2) is 0 Å². The van der Waals surface area contributed by atoms with Crippen molar-refractivity contribution in [3.05, 3.63) is 5.54 Å². The second kappa shape index (κ2) is 5.94. The second-order valence-electron chi connectivity index (χ2n) is 4.86. The average molecular weight is 211 g/mol. The fourth-order valence-electron chi connectivity index (χ4n) is 3.19. The maximum atomic E-state index is 2.44. The molecule has 0 N–H and O–H groups in total. The van der Waals surface area contributed by atoms with E-state index in [2.05, 4.69) is 20.8 Å². The quantitative estimate of drug-likeness (QED) is 0.455. The smallest absolute Gasteiger partial charge is 0.0592 e. The van der Waals surface area contributed by atoms with Gasteiger partial charge in [0.25, 0.3) is 0 Å². The van der Waals surface area contributed by atoms with Crippen molar-refractivity contribution in [3.63, 3.8) is 0 Å². The number of rotatable bonds is 4. The van der Waals surface area contributed by atoms with Crippen LogP contribution in [0.4, 0.5) is 0 Å². The van der Waals surface area contributed by atoms with Crippen molar-refractivity contribution in [1.82, 2.24) is 0 Å². The summed E-state index contributed by atoms with van der Waals surface area (Å²) < 4.78 is 0. The van der Waals surface area contributed by atoms with E-state index in [0.29, 0.717) is 0 Å². The zero-order valence-electron chi connectivity index (χ0n) is 10.4. The van der Waals surface area contributed by atoms with Crippen molar-refractivity contribution in [3.8, 4) is 0 Å². The lowest BCUT2D eigenvalue weighted by Crippen LogP contribution is -2.39. The summed E-state index contributed by atoms with van der Waals surface area (Å²) in [6.07, 6.45) is 8.94. The Labute approximate surface area is 91.5 Å². The van der Waals surface area contributed by atoms with E-state index in [4.69, 9.17) is 0 Å². The Morgan fingerprint density at radius 2 is 1.21 bits per heavy atom. The molecule has 1 radical (unpaired) electrons. The van der Waals surface area contributed by atoms with Crippen LogP contribution in [0, 0.1) is 5.54 Å². The van der Waals surface area contributed by atoms with Gasteiger partial charge in [-0.05, 0) is 18.4 Å². The molecule has 1 aliphatic carbocycles. The molecule has 0 saturated heterocycles. The van der Waals surface area contributed by atoms with E-state index in [1.807, 2.05) is 5.54 Å². The van der Waals surface area contributed by atoms with Gasteiger partial charge in [-0.1, -0.05) is 64.6 Å². The molecule has 0 unspecified atom stereocenters. The lowest BCUT2D eigenvalue weighted by Gasteiger charge is -2.36. The van der Waals surface area contributed by atoms with Crippen molar-refractivity contribution in [2.45, 2.75) is 77.4 Å². The van der Waals surface area contributed by atoms with Crippen molar-refractivity contribution in [2.75, 3.05) is 0 Å². The van der Waals surface area contributed by atoms with Gasteiger partial charge in [0.2, 0.25) is 0 Å². The van der Waals surface area contributed by atoms with E-state index >= 15 is 0 Å². The van der Waals surface area contributed by atoms with E-state index < -0.39 is 8.07 Å². The van der Waals surface area contributed by atoms with Gasteiger partial charge < -0.3 is 0 Å². The highest BCUT2D eigenvalue weighted by atomic mass is 28.3. The predicted octanol–water partition coefficient (Wildman–Crippen LogP) is 4.96. The van der Waals surface area contributed by atoms with Gasteiger partial charge in [0, 0.05) is 0 Å². The minimum atomic E-state index is -0.932. The summed E-state index contributed by atoms with van der Waals surface area (Å²) in [5.74, 6) is 0. The molecule has 14 heavy (non-hydrogen) atoms. The Morgan fingerprint density at radius 1 is 0.786 bits per heavy atom. The van der Waals surface area contributed by atoms with Gasteiger partial charge in [0.1, 0.15) is 0 Å². The Morgan fingerprint density at radius 3 is 1.57 bits per heavy atom. The zero-order chi connectivity index (χ0) is 10.4. The minimum Gasteiger partial charge on any atom is -0.0678 e. The molecule has 1 rings (SSSR count). The molecule has 0 bridgehead atoms. The third-order valence-corrected chi connectivity index (χ3v) is 10.5. The summed E-state index contributed by atoms with van der Waals surface area (Å²) in [6, 6.07) is 4.49. The molecule has 0 nitrogen and oxygen atoms in total. The van der Waals surface area contributed by atoms with Crippen LogP contribution in [0.2, 0.25) is 18.1 Å². The first-order valence-electron chi connectivity index (χ1n) is 6.64. The molecule has 0 aliphatic heterocycles. The molecule has 1 saturated carbocycles. The van der Waals surface area contributed by atoms with Crippen LogP contribution >= 0.6 is 0 Å². The van der Waals surface area contributed by atoms with Crippen LogP contribution in [0.1, 0.15) is 59.3 Å². The van der Waals surface area contributed by atoms with E-state index in [1.54, 1.807) is 0 Å². The number of hydrogen-bond donors (Lipinski definition) is 0. The minimum absolute atomic E-state index is 0.932. The van der Waals surface area contributed by atoms with Crippen LogP contribution in [-0.4, -0.2) is 8.07 Å².